The normalized spacial score (nSPS) is 13.6. The molecule has 0 unspecified atom stereocenters. The minimum atomic E-state index is -0.196. The van der Waals surface area contributed by atoms with Crippen molar-refractivity contribution in [3.8, 4) is 78.4 Å². The molecule has 0 spiro atoms. The van der Waals surface area contributed by atoms with E-state index in [9.17, 15) is 0 Å². The Morgan fingerprint density at radius 1 is 0.222 bits per heavy atom. The lowest BCUT2D eigenvalue weighted by Crippen LogP contribution is -2.24. The zero-order valence-electron chi connectivity index (χ0n) is 66.1. The SMILES string of the molecule is CC1(C)c2cc3c(cc2-c2nccc4cccc1c24)c1cc(-c2ccc(N(c4ccccc4)c4ccc(-c5ccccc5)cc4)cc2)ccc1n3-c1ccccc1.CC1(C)c2ccccc2-c2ccc(N(c3ccccc3)c3ccc(-c4ccc5c(c4)c4cc6c(cc4n5-c4ccccc4)C(C)(C)c4cccc5ccnc-6c45)cc3)cc21. The summed E-state index contributed by atoms with van der Waals surface area (Å²) < 4.78 is 4.87. The summed E-state index contributed by atoms with van der Waals surface area (Å²) in [5.41, 5.74) is 35.8. The van der Waals surface area contributed by atoms with Crippen LogP contribution in [0.4, 0.5) is 34.1 Å². The van der Waals surface area contributed by atoms with E-state index in [1.165, 1.54) is 154 Å². The second kappa shape index (κ2) is 26.8. The molecule has 16 aromatic carbocycles. The van der Waals surface area contributed by atoms with Crippen molar-refractivity contribution in [1.29, 1.82) is 0 Å². The smallest absolute Gasteiger partial charge is 0.0786 e. The predicted octanol–water partition coefficient (Wildman–Crippen LogP) is 29.5. The molecule has 0 fully saturated rings. The molecule has 23 rings (SSSR count). The number of para-hydroxylation sites is 4. The summed E-state index contributed by atoms with van der Waals surface area (Å²) in [5.74, 6) is 0. The molecule has 3 aliphatic carbocycles. The molecular weight excluding hydrogens is 1420 g/mol. The van der Waals surface area contributed by atoms with Crippen LogP contribution in [0.15, 0.2) is 389 Å². The molecule has 0 radical (unpaired) electrons. The second-order valence-electron chi connectivity index (χ2n) is 33.3. The maximum absolute atomic E-state index is 5.05. The summed E-state index contributed by atoms with van der Waals surface area (Å²) in [6.45, 7) is 14.1. The topological polar surface area (TPSA) is 42.1 Å². The minimum absolute atomic E-state index is 0.0831. The molecule has 0 atom stereocenters. The van der Waals surface area contributed by atoms with Crippen LogP contribution in [0.2, 0.25) is 0 Å². The number of hydrogen-bond donors (Lipinski definition) is 0. The molecule has 4 heterocycles. The number of pyridine rings is 2. The summed E-state index contributed by atoms with van der Waals surface area (Å²) in [7, 11) is 0. The van der Waals surface area contributed by atoms with E-state index in [4.69, 9.17) is 9.97 Å². The Morgan fingerprint density at radius 3 is 1.02 bits per heavy atom. The highest BCUT2D eigenvalue weighted by molar-refractivity contribution is 6.16. The average molecular weight is 1500 g/mol. The molecule has 0 saturated carbocycles. The monoisotopic (exact) mass is 1500 g/mol. The Labute approximate surface area is 681 Å². The predicted molar refractivity (Wildman–Crippen MR) is 491 cm³/mol. The summed E-state index contributed by atoms with van der Waals surface area (Å²) >= 11 is 0. The summed E-state index contributed by atoms with van der Waals surface area (Å²) in [5, 5.41) is 9.94. The quantitative estimate of drug-likeness (QED) is 0.129. The van der Waals surface area contributed by atoms with Gasteiger partial charge in [0.25, 0.3) is 0 Å². The fourth-order valence-electron chi connectivity index (χ4n) is 19.7. The van der Waals surface area contributed by atoms with Gasteiger partial charge in [0, 0.05) is 118 Å². The lowest BCUT2D eigenvalue weighted by Gasteiger charge is -2.34. The lowest BCUT2D eigenvalue weighted by molar-refractivity contribution is 0.645. The molecule has 0 aliphatic heterocycles. The van der Waals surface area contributed by atoms with Gasteiger partial charge in [-0.05, 0) is 246 Å². The van der Waals surface area contributed by atoms with E-state index in [2.05, 4.69) is 437 Å². The Balaban J connectivity index is 0.000000142. The highest BCUT2D eigenvalue weighted by Gasteiger charge is 2.39. The lowest BCUT2D eigenvalue weighted by atomic mass is 9.69. The van der Waals surface area contributed by atoms with Crippen LogP contribution in [0.5, 0.6) is 0 Å². The maximum Gasteiger partial charge on any atom is 0.0786 e. The van der Waals surface area contributed by atoms with Crippen molar-refractivity contribution < 1.29 is 0 Å². The van der Waals surface area contributed by atoms with Gasteiger partial charge in [0.1, 0.15) is 0 Å². The summed E-state index contributed by atoms with van der Waals surface area (Å²) in [4.78, 5) is 14.8. The van der Waals surface area contributed by atoms with Crippen LogP contribution in [0.3, 0.4) is 0 Å². The van der Waals surface area contributed by atoms with E-state index in [-0.39, 0.29) is 16.2 Å². The number of nitrogens with zero attached hydrogens (tertiary/aromatic N) is 6. The van der Waals surface area contributed by atoms with Crippen LogP contribution >= 0.6 is 0 Å². The third kappa shape index (κ3) is 11.1. The third-order valence-electron chi connectivity index (χ3n) is 25.6. The Kier molecular flexibility index (Phi) is 15.9. The van der Waals surface area contributed by atoms with Crippen LogP contribution in [0, 0.1) is 0 Å². The van der Waals surface area contributed by atoms with Crippen LogP contribution in [0.1, 0.15) is 74.9 Å². The van der Waals surface area contributed by atoms with Crippen molar-refractivity contribution >= 4 is 99.3 Å². The average Bonchev–Trinajstić information content (AvgIpc) is 1.69. The van der Waals surface area contributed by atoms with E-state index in [0.29, 0.717) is 0 Å². The molecule has 0 N–H and O–H groups in total. The van der Waals surface area contributed by atoms with Gasteiger partial charge in [-0.15, -0.1) is 0 Å². The number of hydrogen-bond acceptors (Lipinski definition) is 4. The fourth-order valence-corrected chi connectivity index (χ4v) is 19.7. The van der Waals surface area contributed by atoms with Crippen LogP contribution in [-0.4, -0.2) is 19.1 Å². The van der Waals surface area contributed by atoms with Crippen molar-refractivity contribution in [2.24, 2.45) is 0 Å². The standard InChI is InChI=1S/C57H43N3.C54H39N3/c1-56(2)48-20-12-11-19-43(48)44-28-27-42(33-50(44)56)59(39-15-7-5-8-16-39)41-25-22-36(23-26-41)38-24-29-52-45(32-38)46-34-47-51(35-53(46)60(52)40-17-9-6-10-18-40)57(3,4)49-21-13-14-37-30-31-58-55(47)54(37)49;1-54(2)48-20-12-15-39-31-32-55-53(52(39)48)47-34-46-45-33-40(25-30-50(45)57(51(46)35-49(47)54)42-18-10-5-11-19-42)38-23-28-44(29-24-38)56(41-16-8-4-9-17-41)43-26-21-37(22-27-43)36-13-6-3-7-14-36/h5-35H,1-4H3;3-35H,1-2H3. The Hall–Kier alpha value is -14.5. The van der Waals surface area contributed by atoms with Crippen molar-refractivity contribution in [3.05, 3.63) is 422 Å². The first-order valence-electron chi connectivity index (χ1n) is 40.7. The highest BCUT2D eigenvalue weighted by Crippen LogP contribution is 2.55. The molecule has 3 aliphatic rings. The first-order chi connectivity index (χ1) is 57.3. The second-order valence-corrected chi connectivity index (χ2v) is 33.3. The van der Waals surface area contributed by atoms with E-state index in [1.54, 1.807) is 0 Å². The van der Waals surface area contributed by atoms with Gasteiger partial charge in [-0.1, -0.05) is 260 Å². The van der Waals surface area contributed by atoms with Gasteiger partial charge in [0.05, 0.1) is 33.5 Å². The van der Waals surface area contributed by atoms with Gasteiger partial charge < -0.3 is 18.9 Å². The molecule has 0 amide bonds. The zero-order chi connectivity index (χ0) is 78.4. The van der Waals surface area contributed by atoms with Gasteiger partial charge in [0.2, 0.25) is 0 Å². The maximum atomic E-state index is 5.05. The number of aromatic nitrogens is 4. The van der Waals surface area contributed by atoms with Gasteiger partial charge in [-0.25, -0.2) is 0 Å². The molecule has 0 saturated heterocycles. The minimum Gasteiger partial charge on any atom is -0.311 e. The summed E-state index contributed by atoms with van der Waals surface area (Å²) in [6.07, 6.45) is 3.92. The highest BCUT2D eigenvalue weighted by atomic mass is 15.1. The Bertz CT molecular complexity index is 7340. The Morgan fingerprint density at radius 2 is 0.556 bits per heavy atom. The van der Waals surface area contributed by atoms with Gasteiger partial charge in [0.15, 0.2) is 0 Å². The molecule has 4 aromatic heterocycles. The van der Waals surface area contributed by atoms with E-state index >= 15 is 0 Å². The van der Waals surface area contributed by atoms with Crippen molar-refractivity contribution in [3.63, 3.8) is 0 Å². The number of fused-ring (bicyclic) bond motifs is 13. The molecule has 20 aromatic rings. The molecule has 556 valence electrons. The largest absolute Gasteiger partial charge is 0.311 e. The van der Waals surface area contributed by atoms with Crippen LogP contribution < -0.4 is 9.80 Å². The van der Waals surface area contributed by atoms with Crippen molar-refractivity contribution in [2.45, 2.75) is 57.8 Å². The number of rotatable bonds is 11. The van der Waals surface area contributed by atoms with Gasteiger partial charge >= 0.3 is 0 Å². The molecule has 6 heteroatoms. The summed E-state index contributed by atoms with van der Waals surface area (Å²) in [6, 6.07) is 138. The molecular formula is C111H82N6. The van der Waals surface area contributed by atoms with Gasteiger partial charge in [-0.2, -0.15) is 0 Å². The van der Waals surface area contributed by atoms with Crippen molar-refractivity contribution in [2.75, 3.05) is 9.80 Å². The molecule has 117 heavy (non-hydrogen) atoms. The van der Waals surface area contributed by atoms with Crippen molar-refractivity contribution in [1.82, 2.24) is 19.1 Å². The van der Waals surface area contributed by atoms with E-state index in [1.807, 2.05) is 12.4 Å². The van der Waals surface area contributed by atoms with Crippen LogP contribution in [0.25, 0.3) is 144 Å². The number of benzene rings is 16. The van der Waals surface area contributed by atoms with E-state index in [0.717, 1.165) is 56.9 Å². The number of anilines is 6. The van der Waals surface area contributed by atoms with E-state index < -0.39 is 0 Å². The van der Waals surface area contributed by atoms with Crippen LogP contribution in [-0.2, 0) is 16.2 Å². The fraction of sp³-hybridized carbons (Fsp3) is 0.0811. The molecule has 0 bridgehead atoms. The van der Waals surface area contributed by atoms with Gasteiger partial charge in [-0.3, -0.25) is 9.97 Å². The molecule has 6 nitrogen and oxygen atoms in total. The third-order valence-corrected chi connectivity index (χ3v) is 25.6. The zero-order valence-corrected chi connectivity index (χ0v) is 66.1. The first kappa shape index (κ1) is 69.3. The first-order valence-corrected chi connectivity index (χ1v) is 40.7.